The highest BCUT2D eigenvalue weighted by molar-refractivity contribution is 5.91. The lowest BCUT2D eigenvalue weighted by atomic mass is 10.2. The second-order valence-corrected chi connectivity index (χ2v) is 6.70. The third kappa shape index (κ3) is 7.61. The molecule has 1 amide bonds. The summed E-state index contributed by atoms with van der Waals surface area (Å²) >= 11 is 0. The molecule has 1 fully saturated rings. The van der Waals surface area contributed by atoms with E-state index in [9.17, 15) is 4.79 Å². The lowest BCUT2D eigenvalue weighted by Crippen LogP contribution is -2.45. The van der Waals surface area contributed by atoms with Crippen molar-refractivity contribution in [3.63, 3.8) is 0 Å². The quantitative estimate of drug-likeness (QED) is 0.502. The van der Waals surface area contributed by atoms with Crippen molar-refractivity contribution in [3.8, 4) is 11.5 Å². The highest BCUT2D eigenvalue weighted by atomic mass is 16.5. The topological polar surface area (TPSA) is 54.0 Å². The molecule has 0 radical (unpaired) electrons. The number of amides is 1. The van der Waals surface area contributed by atoms with Crippen LogP contribution in [0.3, 0.4) is 0 Å². The van der Waals surface area contributed by atoms with Crippen LogP contribution in [-0.4, -0.2) is 75.2 Å². The number of nitrogens with zero attached hydrogens (tertiary/aromatic N) is 2. The average molecular weight is 376 g/mol. The van der Waals surface area contributed by atoms with Crippen molar-refractivity contribution in [1.82, 2.24) is 15.1 Å². The van der Waals surface area contributed by atoms with Gasteiger partial charge in [-0.05, 0) is 57.6 Å². The zero-order chi connectivity index (χ0) is 19.5. The van der Waals surface area contributed by atoms with Crippen molar-refractivity contribution < 1.29 is 14.3 Å². The zero-order valence-electron chi connectivity index (χ0n) is 16.9. The van der Waals surface area contributed by atoms with Crippen molar-refractivity contribution in [3.05, 3.63) is 29.8 Å². The maximum Gasteiger partial charge on any atom is 0.243 e. The monoisotopic (exact) mass is 375 g/mol. The number of piperazine rings is 1. The summed E-state index contributed by atoms with van der Waals surface area (Å²) in [5.74, 6) is 1.36. The van der Waals surface area contributed by atoms with E-state index in [1.165, 1.54) is 0 Å². The molecule has 1 aromatic carbocycles. The van der Waals surface area contributed by atoms with Gasteiger partial charge in [-0.2, -0.15) is 0 Å². The molecule has 1 saturated heterocycles. The molecule has 0 saturated carbocycles. The van der Waals surface area contributed by atoms with E-state index in [1.807, 2.05) is 32.0 Å². The van der Waals surface area contributed by atoms with E-state index in [-0.39, 0.29) is 5.91 Å². The molecular weight excluding hydrogens is 342 g/mol. The van der Waals surface area contributed by atoms with Crippen molar-refractivity contribution in [1.29, 1.82) is 0 Å². The number of carbonyl (C=O) groups excluding carboxylic acids is 1. The Morgan fingerprint density at radius 1 is 1.11 bits per heavy atom. The Hall–Kier alpha value is -2.05. The van der Waals surface area contributed by atoms with Crippen LogP contribution in [0.1, 0.15) is 25.8 Å². The predicted octanol–water partition coefficient (Wildman–Crippen LogP) is 2.25. The largest absolute Gasteiger partial charge is 0.490 e. The van der Waals surface area contributed by atoms with Gasteiger partial charge in [0.15, 0.2) is 11.5 Å². The van der Waals surface area contributed by atoms with Crippen LogP contribution in [0.2, 0.25) is 0 Å². The minimum atomic E-state index is -0.0692. The van der Waals surface area contributed by atoms with E-state index in [4.69, 9.17) is 9.47 Å². The predicted molar refractivity (Wildman–Crippen MR) is 109 cm³/mol. The molecule has 27 heavy (non-hydrogen) atoms. The van der Waals surface area contributed by atoms with Gasteiger partial charge in [0.1, 0.15) is 0 Å². The molecule has 0 atom stereocenters. The van der Waals surface area contributed by atoms with Gasteiger partial charge in [-0.3, -0.25) is 4.79 Å². The maximum atomic E-state index is 12.0. The summed E-state index contributed by atoms with van der Waals surface area (Å²) in [6.07, 6.45) is 4.34. The molecule has 2 rings (SSSR count). The molecule has 1 heterocycles. The Bertz CT molecular complexity index is 611. The van der Waals surface area contributed by atoms with Crippen LogP contribution in [0.15, 0.2) is 24.3 Å². The second-order valence-electron chi connectivity index (χ2n) is 6.70. The van der Waals surface area contributed by atoms with Crippen LogP contribution in [0.25, 0.3) is 6.08 Å². The first kappa shape index (κ1) is 21.3. The van der Waals surface area contributed by atoms with E-state index >= 15 is 0 Å². The van der Waals surface area contributed by atoms with Crippen LogP contribution in [0, 0.1) is 0 Å². The molecule has 1 N–H and O–H groups in total. The van der Waals surface area contributed by atoms with E-state index < -0.39 is 0 Å². The highest BCUT2D eigenvalue weighted by Crippen LogP contribution is 2.28. The third-order valence-corrected chi connectivity index (χ3v) is 4.54. The van der Waals surface area contributed by atoms with Crippen molar-refractivity contribution in [2.45, 2.75) is 20.3 Å². The van der Waals surface area contributed by atoms with Crippen LogP contribution in [0.4, 0.5) is 0 Å². The summed E-state index contributed by atoms with van der Waals surface area (Å²) in [7, 11) is 2.16. The third-order valence-electron chi connectivity index (χ3n) is 4.54. The number of nitrogens with one attached hydrogen (secondary N) is 1. The molecule has 1 aliphatic heterocycles. The SMILES string of the molecule is CCOc1ccc(/C=C/C(=O)NCCCN2CCN(C)CC2)cc1OCC. The van der Waals surface area contributed by atoms with Gasteiger partial charge in [0, 0.05) is 38.8 Å². The summed E-state index contributed by atoms with van der Waals surface area (Å²) in [5.41, 5.74) is 0.912. The number of benzene rings is 1. The van der Waals surface area contributed by atoms with Crippen LogP contribution in [-0.2, 0) is 4.79 Å². The summed E-state index contributed by atoms with van der Waals surface area (Å²) in [6.45, 7) is 11.3. The Balaban J connectivity index is 1.74. The van der Waals surface area contributed by atoms with Crippen molar-refractivity contribution >= 4 is 12.0 Å². The number of ether oxygens (including phenoxy) is 2. The molecule has 1 aliphatic rings. The van der Waals surface area contributed by atoms with Crippen LogP contribution < -0.4 is 14.8 Å². The number of hydrogen-bond donors (Lipinski definition) is 1. The van der Waals surface area contributed by atoms with Gasteiger partial charge in [0.05, 0.1) is 13.2 Å². The molecule has 1 aromatic rings. The van der Waals surface area contributed by atoms with Gasteiger partial charge in [-0.25, -0.2) is 0 Å². The fraction of sp³-hybridized carbons (Fsp3) is 0.571. The second kappa shape index (κ2) is 11.6. The summed E-state index contributed by atoms with van der Waals surface area (Å²) in [5, 5.41) is 2.95. The van der Waals surface area contributed by atoms with Gasteiger partial charge >= 0.3 is 0 Å². The number of rotatable bonds is 10. The molecular formula is C21H33N3O3. The standard InChI is InChI=1S/C21H33N3O3/c1-4-26-19-9-7-18(17-20(19)27-5-2)8-10-21(25)22-11-6-12-24-15-13-23(3)14-16-24/h7-10,17H,4-6,11-16H2,1-3H3,(H,22,25)/b10-8+. The Labute approximate surface area is 163 Å². The van der Waals surface area contributed by atoms with E-state index in [1.54, 1.807) is 12.2 Å². The van der Waals surface area contributed by atoms with E-state index in [0.29, 0.717) is 25.5 Å². The van der Waals surface area contributed by atoms with Gasteiger partial charge in [-0.1, -0.05) is 6.07 Å². The summed E-state index contributed by atoms with van der Waals surface area (Å²) in [6, 6.07) is 5.69. The first-order chi connectivity index (χ1) is 13.1. The number of carbonyl (C=O) groups is 1. The van der Waals surface area contributed by atoms with Crippen molar-refractivity contribution in [2.75, 3.05) is 59.5 Å². The number of likely N-dealkylation sites (N-methyl/N-ethyl adjacent to an activating group) is 1. The summed E-state index contributed by atoms with van der Waals surface area (Å²) in [4.78, 5) is 16.8. The average Bonchev–Trinajstić information content (AvgIpc) is 2.67. The highest BCUT2D eigenvalue weighted by Gasteiger charge is 2.12. The smallest absolute Gasteiger partial charge is 0.243 e. The molecule has 0 aromatic heterocycles. The molecule has 0 spiro atoms. The fourth-order valence-corrected chi connectivity index (χ4v) is 2.99. The Morgan fingerprint density at radius 2 is 1.81 bits per heavy atom. The molecule has 6 heteroatoms. The first-order valence-electron chi connectivity index (χ1n) is 9.88. The minimum Gasteiger partial charge on any atom is -0.490 e. The van der Waals surface area contributed by atoms with Gasteiger partial charge < -0.3 is 24.6 Å². The lowest BCUT2D eigenvalue weighted by Gasteiger charge is -2.32. The molecule has 0 aliphatic carbocycles. The van der Waals surface area contributed by atoms with Gasteiger partial charge in [0.25, 0.3) is 0 Å². The van der Waals surface area contributed by atoms with Crippen molar-refractivity contribution in [2.24, 2.45) is 0 Å². The van der Waals surface area contributed by atoms with Crippen LogP contribution >= 0.6 is 0 Å². The zero-order valence-corrected chi connectivity index (χ0v) is 16.9. The van der Waals surface area contributed by atoms with Gasteiger partial charge in [0.2, 0.25) is 5.91 Å². The first-order valence-corrected chi connectivity index (χ1v) is 9.88. The van der Waals surface area contributed by atoms with E-state index in [2.05, 4.69) is 22.2 Å². The molecule has 0 unspecified atom stereocenters. The van der Waals surface area contributed by atoms with Crippen LogP contribution in [0.5, 0.6) is 11.5 Å². The van der Waals surface area contributed by atoms with E-state index in [0.717, 1.165) is 50.5 Å². The molecule has 6 nitrogen and oxygen atoms in total. The lowest BCUT2D eigenvalue weighted by molar-refractivity contribution is -0.116. The Morgan fingerprint density at radius 3 is 2.52 bits per heavy atom. The van der Waals surface area contributed by atoms with Gasteiger partial charge in [-0.15, -0.1) is 0 Å². The minimum absolute atomic E-state index is 0.0692. The molecule has 0 bridgehead atoms. The number of hydrogen-bond acceptors (Lipinski definition) is 5. The normalized spacial score (nSPS) is 15.8. The molecule has 150 valence electrons. The Kier molecular flexibility index (Phi) is 9.15. The summed E-state index contributed by atoms with van der Waals surface area (Å²) < 4.78 is 11.2. The fourth-order valence-electron chi connectivity index (χ4n) is 2.99. The maximum absolute atomic E-state index is 12.0.